The van der Waals surface area contributed by atoms with E-state index in [0.29, 0.717) is 0 Å². The van der Waals surface area contributed by atoms with E-state index in [4.69, 9.17) is 0 Å². The molecule has 0 amide bonds. The molecule has 1 atom stereocenters. The van der Waals surface area contributed by atoms with Gasteiger partial charge in [0.25, 0.3) is 0 Å². The smallest absolute Gasteiger partial charge is 0.0843 e. The molecule has 86 valence electrons. The second-order valence-electron chi connectivity index (χ2n) is 5.13. The number of aliphatic hydroxyl groups excluding tert-OH is 1. The largest absolute Gasteiger partial charge is 0.388 e. The predicted octanol–water partition coefficient (Wildman–Crippen LogP) is 3.94. The molecule has 0 aliphatic heterocycles. The van der Waals surface area contributed by atoms with Gasteiger partial charge in [-0.2, -0.15) is 0 Å². The molecule has 1 aromatic rings. The maximum absolute atomic E-state index is 10.4. The second kappa shape index (κ2) is 4.42. The quantitative estimate of drug-likeness (QED) is 0.811. The van der Waals surface area contributed by atoms with Crippen molar-refractivity contribution in [2.75, 3.05) is 0 Å². The van der Waals surface area contributed by atoms with Crippen LogP contribution in [0.15, 0.2) is 30.8 Å². The van der Waals surface area contributed by atoms with Gasteiger partial charge in [-0.15, -0.1) is 0 Å². The fourth-order valence-electron chi connectivity index (χ4n) is 2.67. The third-order valence-corrected chi connectivity index (χ3v) is 3.89. The van der Waals surface area contributed by atoms with Gasteiger partial charge < -0.3 is 5.11 Å². The summed E-state index contributed by atoms with van der Waals surface area (Å²) in [7, 11) is 0. The van der Waals surface area contributed by atoms with E-state index in [9.17, 15) is 5.11 Å². The molecule has 0 heterocycles. The summed E-state index contributed by atoms with van der Waals surface area (Å²) in [4.78, 5) is 0. The SMILES string of the molecule is C=Cc1ccc(C(O)C2(C)CCCC2)cc1. The van der Waals surface area contributed by atoms with Crippen molar-refractivity contribution in [3.8, 4) is 0 Å². The summed E-state index contributed by atoms with van der Waals surface area (Å²) in [5, 5.41) is 10.4. The third kappa shape index (κ3) is 2.05. The minimum atomic E-state index is -0.325. The lowest BCUT2D eigenvalue weighted by molar-refractivity contribution is 0.0408. The monoisotopic (exact) mass is 216 g/mol. The molecule has 2 rings (SSSR count). The van der Waals surface area contributed by atoms with E-state index >= 15 is 0 Å². The van der Waals surface area contributed by atoms with Crippen molar-refractivity contribution >= 4 is 6.08 Å². The Morgan fingerprint density at radius 1 is 1.25 bits per heavy atom. The molecule has 0 radical (unpaired) electrons. The van der Waals surface area contributed by atoms with Gasteiger partial charge in [-0.05, 0) is 29.4 Å². The molecule has 1 saturated carbocycles. The molecule has 1 nitrogen and oxygen atoms in total. The van der Waals surface area contributed by atoms with Gasteiger partial charge in [0, 0.05) is 0 Å². The Morgan fingerprint density at radius 2 is 1.81 bits per heavy atom. The number of benzene rings is 1. The van der Waals surface area contributed by atoms with Gasteiger partial charge >= 0.3 is 0 Å². The van der Waals surface area contributed by atoms with Crippen molar-refractivity contribution in [2.45, 2.75) is 38.7 Å². The predicted molar refractivity (Wildman–Crippen MR) is 68.1 cm³/mol. The Bertz CT molecular complexity index is 358. The summed E-state index contributed by atoms with van der Waals surface area (Å²) in [5.74, 6) is 0. The molecule has 0 spiro atoms. The molecular weight excluding hydrogens is 196 g/mol. The van der Waals surface area contributed by atoms with Crippen LogP contribution in [0.25, 0.3) is 6.08 Å². The molecule has 1 fully saturated rings. The average Bonchev–Trinajstić information content (AvgIpc) is 2.77. The van der Waals surface area contributed by atoms with Gasteiger partial charge in [0.15, 0.2) is 0 Å². The lowest BCUT2D eigenvalue weighted by Crippen LogP contribution is -2.21. The molecule has 0 saturated heterocycles. The van der Waals surface area contributed by atoms with E-state index in [1.165, 1.54) is 12.8 Å². The molecule has 1 heteroatoms. The van der Waals surface area contributed by atoms with Crippen LogP contribution in [-0.2, 0) is 0 Å². The molecule has 1 aromatic carbocycles. The van der Waals surface area contributed by atoms with E-state index < -0.39 is 0 Å². The van der Waals surface area contributed by atoms with E-state index in [1.807, 2.05) is 30.3 Å². The van der Waals surface area contributed by atoms with E-state index in [0.717, 1.165) is 24.0 Å². The lowest BCUT2D eigenvalue weighted by atomic mass is 9.79. The van der Waals surface area contributed by atoms with Crippen LogP contribution in [0.4, 0.5) is 0 Å². The minimum absolute atomic E-state index is 0.0791. The van der Waals surface area contributed by atoms with Gasteiger partial charge in [-0.3, -0.25) is 0 Å². The maximum atomic E-state index is 10.4. The van der Waals surface area contributed by atoms with Crippen molar-refractivity contribution in [1.29, 1.82) is 0 Å². The van der Waals surface area contributed by atoms with E-state index in [-0.39, 0.29) is 11.5 Å². The van der Waals surface area contributed by atoms with Crippen LogP contribution in [0.2, 0.25) is 0 Å². The maximum Gasteiger partial charge on any atom is 0.0843 e. The highest BCUT2D eigenvalue weighted by atomic mass is 16.3. The fourth-order valence-corrected chi connectivity index (χ4v) is 2.67. The highest BCUT2D eigenvalue weighted by Crippen LogP contribution is 2.47. The van der Waals surface area contributed by atoms with Gasteiger partial charge in [-0.25, -0.2) is 0 Å². The normalized spacial score (nSPS) is 20.6. The van der Waals surface area contributed by atoms with Crippen molar-refractivity contribution < 1.29 is 5.11 Å². The van der Waals surface area contributed by atoms with Crippen LogP contribution < -0.4 is 0 Å². The molecular formula is C15H20O. The molecule has 0 bridgehead atoms. The first kappa shape index (κ1) is 11.4. The molecule has 1 N–H and O–H groups in total. The van der Waals surface area contributed by atoms with Crippen LogP contribution in [0, 0.1) is 5.41 Å². The van der Waals surface area contributed by atoms with Crippen molar-refractivity contribution in [3.63, 3.8) is 0 Å². The Kier molecular flexibility index (Phi) is 3.15. The van der Waals surface area contributed by atoms with Gasteiger partial charge in [0.2, 0.25) is 0 Å². The van der Waals surface area contributed by atoms with Gasteiger partial charge in [-0.1, -0.05) is 56.7 Å². The Morgan fingerprint density at radius 3 is 2.31 bits per heavy atom. The van der Waals surface area contributed by atoms with Crippen LogP contribution in [0.3, 0.4) is 0 Å². The molecule has 0 aromatic heterocycles. The van der Waals surface area contributed by atoms with Crippen molar-refractivity contribution in [1.82, 2.24) is 0 Å². The van der Waals surface area contributed by atoms with Crippen LogP contribution in [0.5, 0.6) is 0 Å². The summed E-state index contributed by atoms with van der Waals surface area (Å²) in [5.41, 5.74) is 2.22. The highest BCUT2D eigenvalue weighted by Gasteiger charge is 2.36. The van der Waals surface area contributed by atoms with Gasteiger partial charge in [0.1, 0.15) is 0 Å². The molecule has 1 aliphatic carbocycles. The van der Waals surface area contributed by atoms with E-state index in [1.54, 1.807) is 0 Å². The number of aliphatic hydroxyl groups is 1. The number of hydrogen-bond acceptors (Lipinski definition) is 1. The summed E-state index contributed by atoms with van der Waals surface area (Å²) < 4.78 is 0. The Labute approximate surface area is 97.8 Å². The fraction of sp³-hybridized carbons (Fsp3) is 0.467. The summed E-state index contributed by atoms with van der Waals surface area (Å²) in [6, 6.07) is 8.07. The topological polar surface area (TPSA) is 20.2 Å². The number of rotatable bonds is 3. The molecule has 1 unspecified atom stereocenters. The van der Waals surface area contributed by atoms with Gasteiger partial charge in [0.05, 0.1) is 6.10 Å². The Hall–Kier alpha value is -1.08. The third-order valence-electron chi connectivity index (χ3n) is 3.89. The number of hydrogen-bond donors (Lipinski definition) is 1. The molecule has 16 heavy (non-hydrogen) atoms. The van der Waals surface area contributed by atoms with Crippen molar-refractivity contribution in [3.05, 3.63) is 42.0 Å². The first-order valence-electron chi connectivity index (χ1n) is 6.06. The zero-order valence-electron chi connectivity index (χ0n) is 9.95. The highest BCUT2D eigenvalue weighted by molar-refractivity contribution is 5.47. The summed E-state index contributed by atoms with van der Waals surface area (Å²) in [6.45, 7) is 5.93. The Balaban J connectivity index is 2.19. The van der Waals surface area contributed by atoms with Crippen LogP contribution in [-0.4, -0.2) is 5.11 Å². The zero-order chi connectivity index (χ0) is 11.6. The zero-order valence-corrected chi connectivity index (χ0v) is 9.95. The van der Waals surface area contributed by atoms with Crippen molar-refractivity contribution in [2.24, 2.45) is 5.41 Å². The minimum Gasteiger partial charge on any atom is -0.388 e. The summed E-state index contributed by atoms with van der Waals surface area (Å²) in [6.07, 6.45) is 6.27. The first-order valence-corrected chi connectivity index (χ1v) is 6.06. The van der Waals surface area contributed by atoms with E-state index in [2.05, 4.69) is 13.5 Å². The van der Waals surface area contributed by atoms with Crippen LogP contribution >= 0.6 is 0 Å². The van der Waals surface area contributed by atoms with Crippen LogP contribution in [0.1, 0.15) is 49.8 Å². The molecule has 1 aliphatic rings. The summed E-state index contributed by atoms with van der Waals surface area (Å²) >= 11 is 0. The second-order valence-corrected chi connectivity index (χ2v) is 5.13. The average molecular weight is 216 g/mol. The first-order chi connectivity index (χ1) is 7.65. The standard InChI is InChI=1S/C15H20O/c1-3-12-6-8-13(9-7-12)14(16)15(2)10-4-5-11-15/h3,6-9,14,16H,1,4-5,10-11H2,2H3. The lowest BCUT2D eigenvalue weighted by Gasteiger charge is -2.30.